The highest BCUT2D eigenvalue weighted by Crippen LogP contribution is 2.38. The fourth-order valence-corrected chi connectivity index (χ4v) is 7.99. The molecule has 5 rings (SSSR count). The van der Waals surface area contributed by atoms with Gasteiger partial charge in [0.2, 0.25) is 0 Å². The van der Waals surface area contributed by atoms with Crippen molar-refractivity contribution in [1.29, 1.82) is 0 Å². The van der Waals surface area contributed by atoms with Crippen molar-refractivity contribution in [3.63, 3.8) is 0 Å². The molecule has 2 fully saturated rings. The molecule has 0 spiro atoms. The number of hydrogen-bond donors (Lipinski definition) is 1. The van der Waals surface area contributed by atoms with Crippen molar-refractivity contribution in [3.05, 3.63) is 102 Å². The summed E-state index contributed by atoms with van der Waals surface area (Å²) in [6.07, 6.45) is 20.2. The van der Waals surface area contributed by atoms with Crippen LogP contribution in [0.4, 0.5) is 0 Å². The molecular weight excluding hydrogens is 689 g/mol. The van der Waals surface area contributed by atoms with Gasteiger partial charge in [0.15, 0.2) is 12.6 Å². The predicted molar refractivity (Wildman–Crippen MR) is 220 cm³/mol. The van der Waals surface area contributed by atoms with Crippen molar-refractivity contribution in [2.24, 2.45) is 0 Å². The van der Waals surface area contributed by atoms with E-state index in [1.54, 1.807) is 7.11 Å². The average Bonchev–Trinajstić information content (AvgIpc) is 3.22. The van der Waals surface area contributed by atoms with Crippen LogP contribution in [-0.2, 0) is 30.3 Å². The molecule has 0 aliphatic carbocycles. The number of ether oxygens (including phenoxy) is 6. The Morgan fingerprint density at radius 1 is 0.600 bits per heavy atom. The van der Waals surface area contributed by atoms with E-state index < -0.39 is 12.6 Å². The lowest BCUT2D eigenvalue weighted by atomic mass is 9.94. The summed E-state index contributed by atoms with van der Waals surface area (Å²) in [4.78, 5) is 0. The maximum Gasteiger partial charge on any atom is 0.184 e. The van der Waals surface area contributed by atoms with Crippen LogP contribution in [-0.4, -0.2) is 49.3 Å². The molecule has 0 aromatic heterocycles. The molecular formula is C48H70O7. The molecule has 304 valence electrons. The Morgan fingerprint density at radius 3 is 1.64 bits per heavy atom. The van der Waals surface area contributed by atoms with Gasteiger partial charge in [0.05, 0.1) is 44.2 Å². The van der Waals surface area contributed by atoms with Gasteiger partial charge in [-0.15, -0.1) is 0 Å². The van der Waals surface area contributed by atoms with Crippen molar-refractivity contribution >= 4 is 0 Å². The summed E-state index contributed by atoms with van der Waals surface area (Å²) < 4.78 is 37.7. The van der Waals surface area contributed by atoms with Gasteiger partial charge in [0.25, 0.3) is 0 Å². The van der Waals surface area contributed by atoms with Crippen molar-refractivity contribution < 1.29 is 33.5 Å². The number of unbranched alkanes of at least 4 members (excludes halogenated alkanes) is 12. The predicted octanol–water partition coefficient (Wildman–Crippen LogP) is 12.0. The van der Waals surface area contributed by atoms with Crippen molar-refractivity contribution in [1.82, 2.24) is 0 Å². The van der Waals surface area contributed by atoms with Gasteiger partial charge < -0.3 is 33.5 Å². The van der Waals surface area contributed by atoms with Crippen LogP contribution in [0.15, 0.2) is 84.9 Å². The molecule has 0 amide bonds. The highest BCUT2D eigenvalue weighted by atomic mass is 16.7. The van der Waals surface area contributed by atoms with E-state index in [-0.39, 0.29) is 30.5 Å². The molecule has 3 aromatic rings. The van der Waals surface area contributed by atoms with Gasteiger partial charge in [0, 0.05) is 37.0 Å². The minimum absolute atomic E-state index is 0.0116. The van der Waals surface area contributed by atoms with Gasteiger partial charge in [-0.1, -0.05) is 163 Å². The first-order valence-corrected chi connectivity index (χ1v) is 21.7. The third-order valence-corrected chi connectivity index (χ3v) is 11.2. The van der Waals surface area contributed by atoms with E-state index in [4.69, 9.17) is 28.4 Å². The maximum atomic E-state index is 11.2. The van der Waals surface area contributed by atoms with Gasteiger partial charge in [0.1, 0.15) is 5.75 Å². The van der Waals surface area contributed by atoms with E-state index >= 15 is 0 Å². The summed E-state index contributed by atoms with van der Waals surface area (Å²) in [5.41, 5.74) is 3.13. The second-order valence-corrected chi connectivity index (χ2v) is 15.8. The molecule has 7 atom stereocenters. The molecule has 2 aliphatic rings. The fourth-order valence-electron chi connectivity index (χ4n) is 7.99. The zero-order chi connectivity index (χ0) is 38.3. The van der Waals surface area contributed by atoms with E-state index in [2.05, 4.69) is 31.2 Å². The molecule has 2 saturated heterocycles. The topological polar surface area (TPSA) is 75.6 Å². The third kappa shape index (κ3) is 16.3. The number of benzene rings is 3. The molecule has 0 saturated carbocycles. The Kier molecular flexibility index (Phi) is 20.1. The highest BCUT2D eigenvalue weighted by Gasteiger charge is 2.37. The van der Waals surface area contributed by atoms with Crippen LogP contribution in [0.2, 0.25) is 0 Å². The molecule has 0 bridgehead atoms. The Balaban J connectivity index is 1.08. The summed E-state index contributed by atoms with van der Waals surface area (Å²) in [6, 6.07) is 28.4. The summed E-state index contributed by atoms with van der Waals surface area (Å²) >= 11 is 0. The van der Waals surface area contributed by atoms with Gasteiger partial charge in [-0.25, -0.2) is 0 Å². The van der Waals surface area contributed by atoms with Crippen LogP contribution in [0, 0.1) is 0 Å². The lowest BCUT2D eigenvalue weighted by molar-refractivity contribution is -0.280. The van der Waals surface area contributed by atoms with Gasteiger partial charge in [-0.2, -0.15) is 0 Å². The molecule has 55 heavy (non-hydrogen) atoms. The second-order valence-electron chi connectivity index (χ2n) is 15.8. The largest absolute Gasteiger partial charge is 0.497 e. The quantitative estimate of drug-likeness (QED) is 0.0817. The molecule has 2 aliphatic heterocycles. The van der Waals surface area contributed by atoms with E-state index in [9.17, 15) is 5.11 Å². The van der Waals surface area contributed by atoms with Crippen molar-refractivity contribution in [2.75, 3.05) is 13.7 Å². The van der Waals surface area contributed by atoms with E-state index in [0.29, 0.717) is 19.6 Å². The van der Waals surface area contributed by atoms with Crippen molar-refractivity contribution in [3.8, 4) is 5.75 Å². The van der Waals surface area contributed by atoms with Crippen LogP contribution in [0.1, 0.15) is 158 Å². The Bertz CT molecular complexity index is 1390. The molecule has 2 heterocycles. The number of methoxy groups -OCH3 is 1. The van der Waals surface area contributed by atoms with E-state index in [0.717, 1.165) is 61.0 Å². The van der Waals surface area contributed by atoms with Crippen LogP contribution in [0.3, 0.4) is 0 Å². The average molecular weight is 759 g/mol. The van der Waals surface area contributed by atoms with E-state index in [1.807, 2.05) is 60.7 Å². The summed E-state index contributed by atoms with van der Waals surface area (Å²) in [5, 5.41) is 11.2. The number of rotatable bonds is 26. The standard InChI is InChI=1S/C48H70O7/c1-3-4-5-6-7-8-9-10-11-12-13-14-21-26-41(49)33-44-35-46(55-48(53-44)40-24-19-16-20-25-40)36-45-34-43(52-47(54-45)39-22-17-15-18-23-39)31-32-51-37-38-27-29-42(50-2)30-28-38/h15-20,22-25,27-30,41,43-49H,3-14,21,26,31-37H2,1-2H3/t41-,43-,44+,45-,46+,47-,48+/m0/s1. The number of aliphatic hydroxyl groups is 1. The Labute approximate surface area is 332 Å². The molecule has 3 aromatic carbocycles. The first-order valence-electron chi connectivity index (χ1n) is 21.7. The van der Waals surface area contributed by atoms with Gasteiger partial charge >= 0.3 is 0 Å². The lowest BCUT2D eigenvalue weighted by Gasteiger charge is -2.41. The van der Waals surface area contributed by atoms with Gasteiger partial charge in [-0.3, -0.25) is 0 Å². The zero-order valence-electron chi connectivity index (χ0n) is 33.9. The smallest absolute Gasteiger partial charge is 0.184 e. The lowest BCUT2D eigenvalue weighted by Crippen LogP contribution is -2.41. The highest BCUT2D eigenvalue weighted by molar-refractivity contribution is 5.26. The molecule has 1 N–H and O–H groups in total. The molecule has 0 radical (unpaired) electrons. The number of aliphatic hydroxyl groups excluding tert-OH is 1. The summed E-state index contributed by atoms with van der Waals surface area (Å²) in [5.74, 6) is 0.841. The maximum absolute atomic E-state index is 11.2. The molecule has 7 nitrogen and oxygen atoms in total. The van der Waals surface area contributed by atoms with Crippen molar-refractivity contribution in [2.45, 2.75) is 179 Å². The monoisotopic (exact) mass is 759 g/mol. The fraction of sp³-hybridized carbons (Fsp3) is 0.625. The minimum atomic E-state index is -0.472. The van der Waals surface area contributed by atoms with Gasteiger partial charge in [-0.05, 0) is 37.0 Å². The summed E-state index contributed by atoms with van der Waals surface area (Å²) in [6.45, 7) is 3.42. The van der Waals surface area contributed by atoms with Crippen LogP contribution in [0.5, 0.6) is 5.75 Å². The van der Waals surface area contributed by atoms with E-state index in [1.165, 1.54) is 77.0 Å². The summed E-state index contributed by atoms with van der Waals surface area (Å²) in [7, 11) is 1.68. The normalized spacial score (nSPS) is 23.4. The Hall–Kier alpha value is -2.78. The molecule has 0 unspecified atom stereocenters. The third-order valence-electron chi connectivity index (χ3n) is 11.2. The second kappa shape index (κ2) is 25.5. The minimum Gasteiger partial charge on any atom is -0.497 e. The number of hydrogen-bond acceptors (Lipinski definition) is 7. The zero-order valence-corrected chi connectivity index (χ0v) is 33.9. The SMILES string of the molecule is CCCCCCCCCCCCCCC[C@H](O)C[C@@H]1C[C@H](C[C@@H]2C[C@H](CCOCc3ccc(OC)cc3)O[C@H](c3ccccc3)O2)O[C@H](c2ccccc2)O1. The van der Waals surface area contributed by atoms with Crippen LogP contribution < -0.4 is 4.74 Å². The first kappa shape index (κ1) is 43.3. The van der Waals surface area contributed by atoms with Crippen LogP contribution in [0.25, 0.3) is 0 Å². The Morgan fingerprint density at radius 2 is 1.09 bits per heavy atom. The first-order chi connectivity index (χ1) is 27.1. The molecule has 7 heteroatoms. The van der Waals surface area contributed by atoms with Crippen LogP contribution >= 0.6 is 0 Å².